The molecule has 1 heteroatoms. The topological polar surface area (TPSA) is 13.1 Å². The Bertz CT molecular complexity index is 530. The molecule has 1 heterocycles. The van der Waals surface area contributed by atoms with Gasteiger partial charge in [-0.05, 0) is 31.6 Å². The van der Waals surface area contributed by atoms with Gasteiger partial charge in [-0.1, -0.05) is 30.9 Å². The largest absolute Gasteiger partial charge is 0.456 e. The summed E-state index contributed by atoms with van der Waals surface area (Å²) in [5.41, 5.74) is 3.25. The molecule has 0 aliphatic carbocycles. The number of allylic oxidation sites excluding steroid dienone is 1. The van der Waals surface area contributed by atoms with Crippen molar-refractivity contribution in [2.24, 2.45) is 0 Å². The highest BCUT2D eigenvalue weighted by atomic mass is 16.3. The Kier molecular flexibility index (Phi) is 2.46. The summed E-state index contributed by atoms with van der Waals surface area (Å²) in [7, 11) is 0. The first-order valence-electron chi connectivity index (χ1n) is 5.04. The minimum Gasteiger partial charge on any atom is -0.456 e. The molecular weight excluding hydrogens is 184 g/mol. The first-order valence-corrected chi connectivity index (χ1v) is 5.04. The number of rotatable bonds is 2. The summed E-state index contributed by atoms with van der Waals surface area (Å²) >= 11 is 0. The molecule has 0 aliphatic heterocycles. The van der Waals surface area contributed by atoms with Crippen molar-refractivity contribution in [2.75, 3.05) is 0 Å². The van der Waals surface area contributed by atoms with E-state index in [9.17, 15) is 0 Å². The van der Waals surface area contributed by atoms with Crippen molar-refractivity contribution in [1.82, 2.24) is 0 Å². The second kappa shape index (κ2) is 3.77. The van der Waals surface area contributed by atoms with Crippen LogP contribution in [0.2, 0.25) is 0 Å². The first-order chi connectivity index (χ1) is 7.26. The van der Waals surface area contributed by atoms with Crippen molar-refractivity contribution in [3.8, 4) is 0 Å². The molecule has 1 aromatic heterocycles. The summed E-state index contributed by atoms with van der Waals surface area (Å²) in [5, 5.41) is 1.15. The molecular formula is C14H14O. The Labute approximate surface area is 89.7 Å². The van der Waals surface area contributed by atoms with E-state index in [2.05, 4.69) is 37.8 Å². The van der Waals surface area contributed by atoms with Crippen LogP contribution in [0.15, 0.2) is 35.3 Å². The second-order valence-electron chi connectivity index (χ2n) is 3.58. The van der Waals surface area contributed by atoms with E-state index in [1.165, 1.54) is 5.56 Å². The van der Waals surface area contributed by atoms with E-state index < -0.39 is 0 Å². The molecule has 0 amide bonds. The zero-order chi connectivity index (χ0) is 10.8. The standard InChI is InChI=1S/C14H14O/c1-4-6-11-12-8-7-10(3)9-14(12)15-13(11)5-2/h4-9H,2H2,1,3H3/b6-4-. The van der Waals surface area contributed by atoms with Gasteiger partial charge in [0, 0.05) is 10.9 Å². The van der Waals surface area contributed by atoms with Crippen molar-refractivity contribution in [3.05, 3.63) is 47.7 Å². The van der Waals surface area contributed by atoms with Crippen LogP contribution in [-0.2, 0) is 0 Å². The molecule has 15 heavy (non-hydrogen) atoms. The predicted molar refractivity (Wildman–Crippen MR) is 65.8 cm³/mol. The monoisotopic (exact) mass is 198 g/mol. The predicted octanol–water partition coefficient (Wildman–Crippen LogP) is 4.42. The van der Waals surface area contributed by atoms with Crippen LogP contribution in [0.1, 0.15) is 23.8 Å². The zero-order valence-electron chi connectivity index (χ0n) is 9.08. The van der Waals surface area contributed by atoms with E-state index in [0.29, 0.717) is 0 Å². The lowest BCUT2D eigenvalue weighted by Crippen LogP contribution is -1.73. The molecule has 2 rings (SSSR count). The number of benzene rings is 1. The Morgan fingerprint density at radius 3 is 2.80 bits per heavy atom. The zero-order valence-corrected chi connectivity index (χ0v) is 9.08. The summed E-state index contributed by atoms with van der Waals surface area (Å²) < 4.78 is 5.71. The van der Waals surface area contributed by atoms with Crippen molar-refractivity contribution in [1.29, 1.82) is 0 Å². The summed E-state index contributed by atoms with van der Waals surface area (Å²) in [4.78, 5) is 0. The Balaban J connectivity index is 2.79. The molecule has 0 atom stereocenters. The van der Waals surface area contributed by atoms with Gasteiger partial charge in [0.1, 0.15) is 11.3 Å². The second-order valence-corrected chi connectivity index (χ2v) is 3.58. The summed E-state index contributed by atoms with van der Waals surface area (Å²) in [6.45, 7) is 7.82. The maximum absolute atomic E-state index is 5.71. The highest BCUT2D eigenvalue weighted by Gasteiger charge is 2.08. The van der Waals surface area contributed by atoms with E-state index in [-0.39, 0.29) is 0 Å². The van der Waals surface area contributed by atoms with E-state index in [0.717, 1.165) is 22.3 Å². The van der Waals surface area contributed by atoms with Crippen LogP contribution in [0.5, 0.6) is 0 Å². The first kappa shape index (κ1) is 9.78. The van der Waals surface area contributed by atoms with Gasteiger partial charge in [0.15, 0.2) is 0 Å². The fraction of sp³-hybridized carbons (Fsp3) is 0.143. The van der Waals surface area contributed by atoms with Crippen molar-refractivity contribution in [3.63, 3.8) is 0 Å². The van der Waals surface area contributed by atoms with Crippen molar-refractivity contribution < 1.29 is 4.42 Å². The van der Waals surface area contributed by atoms with Crippen LogP contribution < -0.4 is 0 Å². The van der Waals surface area contributed by atoms with Gasteiger partial charge >= 0.3 is 0 Å². The van der Waals surface area contributed by atoms with E-state index in [4.69, 9.17) is 4.42 Å². The minimum absolute atomic E-state index is 0.841. The number of hydrogen-bond donors (Lipinski definition) is 0. The molecule has 0 saturated heterocycles. The van der Waals surface area contributed by atoms with Crippen molar-refractivity contribution >= 4 is 23.1 Å². The molecule has 0 fully saturated rings. The van der Waals surface area contributed by atoms with Gasteiger partial charge in [0.05, 0.1) is 0 Å². The number of furan rings is 1. The van der Waals surface area contributed by atoms with Crippen LogP contribution in [0.3, 0.4) is 0 Å². The van der Waals surface area contributed by atoms with E-state index in [1.54, 1.807) is 6.08 Å². The maximum atomic E-state index is 5.71. The van der Waals surface area contributed by atoms with Gasteiger partial charge in [-0.3, -0.25) is 0 Å². The highest BCUT2D eigenvalue weighted by Crippen LogP contribution is 2.28. The smallest absolute Gasteiger partial charge is 0.135 e. The molecule has 1 aromatic carbocycles. The molecule has 0 unspecified atom stereocenters. The fourth-order valence-corrected chi connectivity index (χ4v) is 1.73. The maximum Gasteiger partial charge on any atom is 0.135 e. The van der Waals surface area contributed by atoms with Gasteiger partial charge < -0.3 is 4.42 Å². The number of aryl methyl sites for hydroxylation is 1. The van der Waals surface area contributed by atoms with Gasteiger partial charge in [-0.15, -0.1) is 0 Å². The van der Waals surface area contributed by atoms with Crippen LogP contribution in [-0.4, -0.2) is 0 Å². The summed E-state index contributed by atoms with van der Waals surface area (Å²) in [6, 6.07) is 6.24. The van der Waals surface area contributed by atoms with Crippen LogP contribution >= 0.6 is 0 Å². The number of hydrogen-bond acceptors (Lipinski definition) is 1. The van der Waals surface area contributed by atoms with Crippen LogP contribution in [0.25, 0.3) is 23.1 Å². The normalized spacial score (nSPS) is 11.3. The van der Waals surface area contributed by atoms with E-state index in [1.807, 2.05) is 13.0 Å². The molecule has 1 nitrogen and oxygen atoms in total. The summed E-state index contributed by atoms with van der Waals surface area (Å²) in [6.07, 6.45) is 5.82. The lowest BCUT2D eigenvalue weighted by molar-refractivity contribution is 0.603. The fourth-order valence-electron chi connectivity index (χ4n) is 1.73. The Hall–Kier alpha value is -1.76. The minimum atomic E-state index is 0.841. The van der Waals surface area contributed by atoms with Gasteiger partial charge in [-0.25, -0.2) is 0 Å². The third-order valence-corrected chi connectivity index (χ3v) is 2.43. The number of fused-ring (bicyclic) bond motifs is 1. The molecule has 76 valence electrons. The SMILES string of the molecule is C=Cc1oc2cc(C)ccc2c1/C=C\C. The van der Waals surface area contributed by atoms with Gasteiger partial charge in [0.25, 0.3) is 0 Å². The average molecular weight is 198 g/mol. The van der Waals surface area contributed by atoms with Gasteiger partial charge in [0.2, 0.25) is 0 Å². The van der Waals surface area contributed by atoms with Crippen LogP contribution in [0.4, 0.5) is 0 Å². The Morgan fingerprint density at radius 1 is 1.33 bits per heavy atom. The average Bonchev–Trinajstić information content (AvgIpc) is 2.56. The molecule has 0 saturated carbocycles. The molecule has 0 radical (unpaired) electrons. The quantitative estimate of drug-likeness (QED) is 0.696. The third kappa shape index (κ3) is 1.61. The van der Waals surface area contributed by atoms with E-state index >= 15 is 0 Å². The van der Waals surface area contributed by atoms with Crippen LogP contribution in [0, 0.1) is 6.92 Å². The Morgan fingerprint density at radius 2 is 2.13 bits per heavy atom. The molecule has 0 bridgehead atoms. The lowest BCUT2D eigenvalue weighted by Gasteiger charge is -1.92. The molecule has 2 aromatic rings. The summed E-state index contributed by atoms with van der Waals surface area (Å²) in [5.74, 6) is 0.841. The van der Waals surface area contributed by atoms with Gasteiger partial charge in [-0.2, -0.15) is 0 Å². The highest BCUT2D eigenvalue weighted by molar-refractivity contribution is 5.91. The lowest BCUT2D eigenvalue weighted by atomic mass is 10.1. The van der Waals surface area contributed by atoms with Crippen molar-refractivity contribution in [2.45, 2.75) is 13.8 Å². The third-order valence-electron chi connectivity index (χ3n) is 2.43. The molecule has 0 N–H and O–H groups in total. The molecule has 0 aliphatic rings. The molecule has 0 spiro atoms.